The van der Waals surface area contributed by atoms with Gasteiger partial charge in [-0.05, 0) is 41.8 Å². The number of carbonyl (C=O) groups excluding carboxylic acids is 1. The molecule has 0 unspecified atom stereocenters. The number of carbonyl (C=O) groups is 1. The zero-order chi connectivity index (χ0) is 18.6. The van der Waals surface area contributed by atoms with Gasteiger partial charge >= 0.3 is 5.97 Å². The van der Waals surface area contributed by atoms with E-state index in [0.717, 1.165) is 10.9 Å². The normalized spacial score (nSPS) is 10.9. The van der Waals surface area contributed by atoms with E-state index in [1.54, 1.807) is 30.7 Å². The van der Waals surface area contributed by atoms with Crippen molar-refractivity contribution in [1.82, 2.24) is 9.97 Å². The third-order valence-corrected chi connectivity index (χ3v) is 4.13. The molecule has 2 aromatic heterocycles. The Hall–Kier alpha value is -3.54. The molecule has 0 aliphatic rings. The number of benzene rings is 2. The van der Waals surface area contributed by atoms with Crippen molar-refractivity contribution >= 4 is 27.6 Å². The van der Waals surface area contributed by atoms with Gasteiger partial charge in [-0.3, -0.25) is 9.97 Å². The molecule has 0 aliphatic carbocycles. The van der Waals surface area contributed by atoms with Crippen LogP contribution in [0.25, 0.3) is 21.7 Å². The minimum atomic E-state index is -0.735. The van der Waals surface area contributed by atoms with Crippen molar-refractivity contribution in [3.8, 4) is 5.75 Å². The first-order valence-corrected chi connectivity index (χ1v) is 8.39. The summed E-state index contributed by atoms with van der Waals surface area (Å²) in [4.78, 5) is 20.4. The highest BCUT2D eigenvalue weighted by atomic mass is 19.1. The van der Waals surface area contributed by atoms with Crippen LogP contribution in [0.4, 0.5) is 4.39 Å². The van der Waals surface area contributed by atoms with Crippen LogP contribution in [0.5, 0.6) is 5.75 Å². The van der Waals surface area contributed by atoms with Crippen LogP contribution < -0.4 is 4.74 Å². The lowest BCUT2D eigenvalue weighted by atomic mass is 10.1. The third kappa shape index (κ3) is 3.55. The second-order valence-corrected chi connectivity index (χ2v) is 5.87. The zero-order valence-electron chi connectivity index (χ0n) is 14.3. The molecule has 0 bridgehead atoms. The number of halogens is 1. The average molecular weight is 362 g/mol. The summed E-state index contributed by atoms with van der Waals surface area (Å²) in [6.45, 7) is 0.149. The average Bonchev–Trinajstić information content (AvgIpc) is 2.70. The Labute approximate surface area is 154 Å². The highest BCUT2D eigenvalue weighted by molar-refractivity contribution is 5.95. The number of rotatable bonds is 5. The molecule has 0 amide bonds. The van der Waals surface area contributed by atoms with Crippen molar-refractivity contribution in [2.24, 2.45) is 0 Å². The number of hydrogen-bond donors (Lipinski definition) is 0. The molecule has 0 saturated heterocycles. The van der Waals surface area contributed by atoms with Gasteiger partial charge in [0.2, 0.25) is 0 Å². The molecular formula is C21H15FN2O3. The van der Waals surface area contributed by atoms with E-state index in [9.17, 15) is 9.18 Å². The predicted molar refractivity (Wildman–Crippen MR) is 99.2 cm³/mol. The quantitative estimate of drug-likeness (QED) is 0.394. The fraction of sp³-hybridized carbons (Fsp3) is 0.0952. The van der Waals surface area contributed by atoms with E-state index in [1.807, 2.05) is 24.3 Å². The van der Waals surface area contributed by atoms with Crippen LogP contribution in [0.1, 0.15) is 10.4 Å². The Kier molecular flexibility index (Phi) is 4.61. The molecule has 2 heterocycles. The van der Waals surface area contributed by atoms with Crippen LogP contribution >= 0.6 is 0 Å². The maximum atomic E-state index is 14.2. The largest absolute Gasteiger partial charge is 0.489 e. The second-order valence-electron chi connectivity index (χ2n) is 5.87. The topological polar surface area (TPSA) is 61.3 Å². The first kappa shape index (κ1) is 16.9. The summed E-state index contributed by atoms with van der Waals surface area (Å²) >= 11 is 0. The fourth-order valence-corrected chi connectivity index (χ4v) is 2.82. The van der Waals surface area contributed by atoms with Crippen LogP contribution in [0.15, 0.2) is 67.1 Å². The first-order valence-electron chi connectivity index (χ1n) is 8.39. The van der Waals surface area contributed by atoms with Crippen molar-refractivity contribution in [3.63, 3.8) is 0 Å². The Morgan fingerprint density at radius 1 is 1.00 bits per heavy atom. The molecule has 0 aliphatic heterocycles. The van der Waals surface area contributed by atoms with Crippen molar-refractivity contribution in [2.45, 2.75) is 0 Å². The van der Waals surface area contributed by atoms with E-state index in [-0.39, 0.29) is 18.8 Å². The summed E-state index contributed by atoms with van der Waals surface area (Å²) in [6.07, 6.45) is 4.80. The molecule has 0 saturated carbocycles. The molecule has 0 spiro atoms. The van der Waals surface area contributed by atoms with E-state index >= 15 is 0 Å². The summed E-state index contributed by atoms with van der Waals surface area (Å²) in [7, 11) is 0. The van der Waals surface area contributed by atoms with E-state index < -0.39 is 11.8 Å². The fourth-order valence-electron chi connectivity index (χ4n) is 2.82. The summed E-state index contributed by atoms with van der Waals surface area (Å²) in [5, 5.41) is 2.22. The number of para-hydroxylation sites is 1. The summed E-state index contributed by atoms with van der Waals surface area (Å²) in [5.74, 6) is -0.708. The van der Waals surface area contributed by atoms with Gasteiger partial charge < -0.3 is 9.47 Å². The molecule has 0 N–H and O–H groups in total. The maximum absolute atomic E-state index is 14.2. The molecule has 0 fully saturated rings. The molecule has 4 aromatic rings. The van der Waals surface area contributed by atoms with Gasteiger partial charge in [0.15, 0.2) is 0 Å². The van der Waals surface area contributed by atoms with Gasteiger partial charge in [-0.1, -0.05) is 12.1 Å². The van der Waals surface area contributed by atoms with Crippen LogP contribution in [0.3, 0.4) is 0 Å². The number of esters is 1. The van der Waals surface area contributed by atoms with Crippen LogP contribution in [0, 0.1) is 5.82 Å². The second kappa shape index (κ2) is 7.37. The first-order chi connectivity index (χ1) is 13.2. The van der Waals surface area contributed by atoms with E-state index in [0.29, 0.717) is 16.5 Å². The molecule has 4 rings (SSSR count). The van der Waals surface area contributed by atoms with Crippen molar-refractivity contribution in [1.29, 1.82) is 0 Å². The number of ether oxygens (including phenoxy) is 2. The summed E-state index contributed by atoms with van der Waals surface area (Å²) in [6, 6.07) is 13.8. The zero-order valence-corrected chi connectivity index (χ0v) is 14.3. The summed E-state index contributed by atoms with van der Waals surface area (Å²) in [5.41, 5.74) is 0.698. The lowest BCUT2D eigenvalue weighted by Crippen LogP contribution is -2.13. The van der Waals surface area contributed by atoms with E-state index in [2.05, 4.69) is 9.97 Å². The third-order valence-electron chi connectivity index (χ3n) is 4.13. The Morgan fingerprint density at radius 2 is 1.89 bits per heavy atom. The van der Waals surface area contributed by atoms with Crippen LogP contribution in [0.2, 0.25) is 0 Å². The standard InChI is InChI=1S/C21H15FN2O3/c22-18-12-14-5-7-23-13-15(14)11-17(18)21(25)27-10-9-26-20-6-8-24-19-4-2-1-3-16(19)20/h1-8,11-13H,9-10H2. The van der Waals surface area contributed by atoms with E-state index in [1.165, 1.54) is 12.1 Å². The molecule has 0 radical (unpaired) electrons. The van der Waals surface area contributed by atoms with Crippen molar-refractivity contribution in [3.05, 3.63) is 78.5 Å². The van der Waals surface area contributed by atoms with Gasteiger partial charge in [0, 0.05) is 29.4 Å². The highest BCUT2D eigenvalue weighted by Gasteiger charge is 2.14. The van der Waals surface area contributed by atoms with Gasteiger partial charge in [0.05, 0.1) is 11.1 Å². The minimum absolute atomic E-state index is 0.0000000787. The number of pyridine rings is 2. The molecule has 0 atom stereocenters. The van der Waals surface area contributed by atoms with E-state index in [4.69, 9.17) is 9.47 Å². The monoisotopic (exact) mass is 362 g/mol. The van der Waals surface area contributed by atoms with Crippen LogP contribution in [-0.4, -0.2) is 29.2 Å². The van der Waals surface area contributed by atoms with Gasteiger partial charge in [-0.15, -0.1) is 0 Å². The number of fused-ring (bicyclic) bond motifs is 2. The number of hydrogen-bond acceptors (Lipinski definition) is 5. The SMILES string of the molecule is O=C(OCCOc1ccnc2ccccc12)c1cc2cnccc2cc1F. The molecule has 5 nitrogen and oxygen atoms in total. The smallest absolute Gasteiger partial charge is 0.341 e. The van der Waals surface area contributed by atoms with Crippen molar-refractivity contribution in [2.75, 3.05) is 13.2 Å². The number of nitrogens with zero attached hydrogens (tertiary/aromatic N) is 2. The maximum Gasteiger partial charge on any atom is 0.341 e. The molecule has 2 aromatic carbocycles. The van der Waals surface area contributed by atoms with Gasteiger partial charge in [-0.2, -0.15) is 0 Å². The molecule has 6 heteroatoms. The Balaban J connectivity index is 1.40. The lowest BCUT2D eigenvalue weighted by Gasteiger charge is -2.10. The highest BCUT2D eigenvalue weighted by Crippen LogP contribution is 2.23. The van der Waals surface area contributed by atoms with Gasteiger partial charge in [0.25, 0.3) is 0 Å². The molecule has 134 valence electrons. The molecular weight excluding hydrogens is 347 g/mol. The summed E-state index contributed by atoms with van der Waals surface area (Å²) < 4.78 is 25.0. The Bertz CT molecular complexity index is 1130. The van der Waals surface area contributed by atoms with Crippen LogP contribution in [-0.2, 0) is 4.74 Å². The lowest BCUT2D eigenvalue weighted by molar-refractivity contribution is 0.0446. The minimum Gasteiger partial charge on any atom is -0.489 e. The predicted octanol–water partition coefficient (Wildman–Crippen LogP) is 4.16. The van der Waals surface area contributed by atoms with Gasteiger partial charge in [0.1, 0.15) is 24.8 Å². The number of aromatic nitrogens is 2. The van der Waals surface area contributed by atoms with Crippen molar-refractivity contribution < 1.29 is 18.7 Å². The van der Waals surface area contributed by atoms with Gasteiger partial charge in [-0.25, -0.2) is 9.18 Å². The Morgan fingerprint density at radius 3 is 2.81 bits per heavy atom. The molecule has 27 heavy (non-hydrogen) atoms.